The molecule has 4 aromatic rings. The second-order valence-electron chi connectivity index (χ2n) is 7.38. The van der Waals surface area contributed by atoms with E-state index in [-0.39, 0.29) is 16.9 Å². The Morgan fingerprint density at radius 1 is 1.27 bits per heavy atom. The summed E-state index contributed by atoms with van der Waals surface area (Å²) in [6.45, 7) is 8.08. The number of aromatic nitrogens is 4. The number of rotatable bonds is 5. The first-order valence-corrected chi connectivity index (χ1v) is 10.1. The summed E-state index contributed by atoms with van der Waals surface area (Å²) in [5, 5.41) is 13.9. The van der Waals surface area contributed by atoms with Gasteiger partial charge in [-0.3, -0.25) is 4.40 Å². The molecular weight excluding hydrogens is 402 g/mol. The minimum Gasteiger partial charge on any atom is -0.476 e. The van der Waals surface area contributed by atoms with Crippen molar-refractivity contribution >= 4 is 39.7 Å². The highest BCUT2D eigenvalue weighted by atomic mass is 35.5. The molecule has 2 N–H and O–H groups in total. The minimum absolute atomic E-state index is 0.109. The van der Waals surface area contributed by atoms with Gasteiger partial charge in [0.25, 0.3) is 0 Å². The topological polar surface area (TPSA) is 92.4 Å². The summed E-state index contributed by atoms with van der Waals surface area (Å²) in [4.78, 5) is 25.0. The lowest BCUT2D eigenvalue weighted by Gasteiger charge is -2.20. The molecule has 0 spiro atoms. The van der Waals surface area contributed by atoms with Gasteiger partial charge in [0.2, 0.25) is 0 Å². The van der Waals surface area contributed by atoms with E-state index in [0.29, 0.717) is 5.69 Å². The second kappa shape index (κ2) is 7.57. The molecule has 0 fully saturated rings. The number of aryl methyl sites for hydroxylation is 3. The summed E-state index contributed by atoms with van der Waals surface area (Å²) in [5.41, 5.74) is 5.25. The summed E-state index contributed by atoms with van der Waals surface area (Å²) in [6.07, 6.45) is 2.58. The zero-order valence-corrected chi connectivity index (χ0v) is 17.9. The lowest BCUT2D eigenvalue weighted by atomic mass is 9.99. The van der Waals surface area contributed by atoms with Crippen LogP contribution in [0.3, 0.4) is 0 Å². The van der Waals surface area contributed by atoms with Crippen LogP contribution in [0.4, 0.5) is 5.69 Å². The molecule has 3 aromatic heterocycles. The number of halogens is 1. The van der Waals surface area contributed by atoms with Gasteiger partial charge >= 0.3 is 5.97 Å². The quantitative estimate of drug-likeness (QED) is 0.440. The average Bonchev–Trinajstić information content (AvgIpc) is 3.10. The molecule has 30 heavy (non-hydrogen) atoms. The van der Waals surface area contributed by atoms with Gasteiger partial charge in [-0.2, -0.15) is 0 Å². The molecule has 0 saturated heterocycles. The van der Waals surface area contributed by atoms with Gasteiger partial charge in [0.15, 0.2) is 5.69 Å². The molecular formula is C22H22ClN5O2. The number of nitrogens with zero attached hydrogens (tertiary/aromatic N) is 4. The number of imidazole rings is 1. The van der Waals surface area contributed by atoms with E-state index < -0.39 is 5.97 Å². The van der Waals surface area contributed by atoms with Gasteiger partial charge in [-0.1, -0.05) is 24.6 Å². The standard InChI is InChI=1S/C22H22ClN5O2/c1-5-18-27-19-14(8-11(2)9-15(19)21-13(4)24-10-28(18)21)12(3)25-16-6-7-17(23)26-20(16)22(29)30/h6-10,12,25H,5H2,1-4H3,(H,29,30)/t12-/m1/s1. The summed E-state index contributed by atoms with van der Waals surface area (Å²) >= 11 is 5.89. The van der Waals surface area contributed by atoms with Crippen LogP contribution < -0.4 is 5.32 Å². The van der Waals surface area contributed by atoms with Gasteiger partial charge in [-0.25, -0.2) is 19.7 Å². The van der Waals surface area contributed by atoms with E-state index in [1.807, 2.05) is 31.5 Å². The molecule has 4 rings (SSSR count). The number of hydrogen-bond donors (Lipinski definition) is 2. The Labute approximate surface area is 178 Å². The third-order valence-corrected chi connectivity index (χ3v) is 5.44. The highest BCUT2D eigenvalue weighted by Gasteiger charge is 2.20. The maximum Gasteiger partial charge on any atom is 0.356 e. The second-order valence-corrected chi connectivity index (χ2v) is 7.77. The third-order valence-electron chi connectivity index (χ3n) is 5.23. The van der Waals surface area contributed by atoms with Gasteiger partial charge in [-0.15, -0.1) is 0 Å². The zero-order chi connectivity index (χ0) is 21.6. The van der Waals surface area contributed by atoms with Crippen LogP contribution in [-0.4, -0.2) is 30.4 Å². The number of hydrogen-bond acceptors (Lipinski definition) is 5. The van der Waals surface area contributed by atoms with E-state index in [9.17, 15) is 9.90 Å². The number of benzene rings is 1. The average molecular weight is 424 g/mol. The number of carbonyl (C=O) groups is 1. The summed E-state index contributed by atoms with van der Waals surface area (Å²) in [5.74, 6) is -0.209. The monoisotopic (exact) mass is 423 g/mol. The lowest BCUT2D eigenvalue weighted by Crippen LogP contribution is -2.13. The fourth-order valence-electron chi connectivity index (χ4n) is 3.86. The van der Waals surface area contributed by atoms with Crippen molar-refractivity contribution in [2.75, 3.05) is 5.32 Å². The largest absolute Gasteiger partial charge is 0.476 e. The number of anilines is 1. The van der Waals surface area contributed by atoms with Crippen LogP contribution in [0.2, 0.25) is 5.15 Å². The minimum atomic E-state index is -1.13. The molecule has 1 aromatic carbocycles. The molecule has 0 amide bonds. The van der Waals surface area contributed by atoms with Crippen molar-refractivity contribution in [3.8, 4) is 0 Å². The van der Waals surface area contributed by atoms with Crippen molar-refractivity contribution in [2.24, 2.45) is 0 Å². The number of nitrogens with one attached hydrogen (secondary N) is 1. The molecule has 8 heteroatoms. The molecule has 1 atom stereocenters. The van der Waals surface area contributed by atoms with Crippen LogP contribution >= 0.6 is 11.6 Å². The Morgan fingerprint density at radius 3 is 2.73 bits per heavy atom. The van der Waals surface area contributed by atoms with Crippen LogP contribution in [0.25, 0.3) is 16.4 Å². The van der Waals surface area contributed by atoms with Gasteiger partial charge < -0.3 is 10.4 Å². The van der Waals surface area contributed by atoms with E-state index in [2.05, 4.69) is 34.3 Å². The van der Waals surface area contributed by atoms with E-state index >= 15 is 0 Å². The number of carboxylic acids is 1. The van der Waals surface area contributed by atoms with Crippen molar-refractivity contribution in [3.63, 3.8) is 0 Å². The Balaban J connectivity index is 1.90. The molecule has 154 valence electrons. The van der Waals surface area contributed by atoms with E-state index in [1.165, 1.54) is 0 Å². The Morgan fingerprint density at radius 2 is 2.03 bits per heavy atom. The van der Waals surface area contributed by atoms with E-state index in [0.717, 1.165) is 45.5 Å². The van der Waals surface area contributed by atoms with Gasteiger partial charge in [0, 0.05) is 17.4 Å². The molecule has 0 unspecified atom stereocenters. The fourth-order valence-corrected chi connectivity index (χ4v) is 4.01. The first kappa shape index (κ1) is 20.1. The summed E-state index contributed by atoms with van der Waals surface area (Å²) in [7, 11) is 0. The molecule has 3 heterocycles. The number of pyridine rings is 1. The molecule has 0 aliphatic heterocycles. The molecule has 0 radical (unpaired) electrons. The molecule has 0 aliphatic carbocycles. The van der Waals surface area contributed by atoms with Crippen LogP contribution in [0.5, 0.6) is 0 Å². The zero-order valence-electron chi connectivity index (χ0n) is 17.2. The van der Waals surface area contributed by atoms with Crippen LogP contribution in [0.15, 0.2) is 30.6 Å². The SMILES string of the molecule is CCc1nc2c([C@@H](C)Nc3ccc(Cl)nc3C(=O)O)cc(C)cc2c2c(C)ncn12. The number of fused-ring (bicyclic) bond motifs is 3. The predicted molar refractivity (Wildman–Crippen MR) is 118 cm³/mol. The third kappa shape index (κ3) is 3.35. The molecule has 0 aliphatic rings. The molecule has 7 nitrogen and oxygen atoms in total. The normalized spacial score (nSPS) is 12.4. The van der Waals surface area contributed by atoms with Crippen LogP contribution in [0, 0.1) is 13.8 Å². The van der Waals surface area contributed by atoms with Crippen LogP contribution in [-0.2, 0) is 6.42 Å². The summed E-state index contributed by atoms with van der Waals surface area (Å²) in [6, 6.07) is 7.20. The maximum absolute atomic E-state index is 11.6. The Bertz CT molecular complexity index is 1300. The Kier molecular flexibility index (Phi) is 5.07. The highest BCUT2D eigenvalue weighted by molar-refractivity contribution is 6.29. The number of aromatic carboxylic acids is 1. The molecule has 0 saturated carbocycles. The fraction of sp³-hybridized carbons (Fsp3) is 0.273. The molecule has 0 bridgehead atoms. The summed E-state index contributed by atoms with van der Waals surface area (Å²) < 4.78 is 2.05. The lowest BCUT2D eigenvalue weighted by molar-refractivity contribution is 0.0691. The van der Waals surface area contributed by atoms with E-state index in [4.69, 9.17) is 16.6 Å². The predicted octanol–water partition coefficient (Wildman–Crippen LogP) is 4.98. The first-order valence-electron chi connectivity index (χ1n) is 9.73. The van der Waals surface area contributed by atoms with E-state index in [1.54, 1.807) is 12.1 Å². The van der Waals surface area contributed by atoms with Crippen molar-refractivity contribution in [1.29, 1.82) is 0 Å². The smallest absolute Gasteiger partial charge is 0.356 e. The highest BCUT2D eigenvalue weighted by Crippen LogP contribution is 2.32. The van der Waals surface area contributed by atoms with Gasteiger partial charge in [-0.05, 0) is 44.5 Å². The van der Waals surface area contributed by atoms with Crippen molar-refractivity contribution in [3.05, 3.63) is 64.1 Å². The number of carboxylic acid groups (broad SMARTS) is 1. The van der Waals surface area contributed by atoms with Crippen molar-refractivity contribution in [1.82, 2.24) is 19.4 Å². The first-order chi connectivity index (χ1) is 14.3. The Hall–Kier alpha value is -3.19. The van der Waals surface area contributed by atoms with Crippen LogP contribution in [0.1, 0.15) is 53.0 Å². The van der Waals surface area contributed by atoms with Gasteiger partial charge in [0.1, 0.15) is 17.3 Å². The maximum atomic E-state index is 11.6. The van der Waals surface area contributed by atoms with Crippen molar-refractivity contribution < 1.29 is 9.90 Å². The van der Waals surface area contributed by atoms with Gasteiger partial charge in [0.05, 0.1) is 28.5 Å². The van der Waals surface area contributed by atoms with Crippen molar-refractivity contribution in [2.45, 2.75) is 40.2 Å².